The predicted octanol–water partition coefficient (Wildman–Crippen LogP) is 5.11. The number of para-hydroxylation sites is 1. The van der Waals surface area contributed by atoms with E-state index in [0.717, 1.165) is 16.8 Å². The zero-order valence-electron chi connectivity index (χ0n) is 17.1. The van der Waals surface area contributed by atoms with E-state index in [1.807, 2.05) is 59.2 Å². The maximum atomic E-state index is 13.6. The maximum Gasteiger partial charge on any atom is 0.326 e. The van der Waals surface area contributed by atoms with Gasteiger partial charge in [0.15, 0.2) is 0 Å². The second-order valence-corrected chi connectivity index (χ2v) is 8.24. The molecule has 1 saturated heterocycles. The molecule has 0 bridgehead atoms. The molecule has 1 N–H and O–H groups in total. The Balaban J connectivity index is 1.53. The van der Waals surface area contributed by atoms with Crippen LogP contribution in [0.2, 0.25) is 5.02 Å². The van der Waals surface area contributed by atoms with Gasteiger partial charge in [0.25, 0.3) is 5.91 Å². The first-order valence-corrected chi connectivity index (χ1v) is 10.7. The Bertz CT molecular complexity index is 1320. The Kier molecular flexibility index (Phi) is 5.15. The summed E-state index contributed by atoms with van der Waals surface area (Å²) in [5.41, 5.74) is 3.67. The van der Waals surface area contributed by atoms with E-state index in [-0.39, 0.29) is 5.91 Å². The van der Waals surface area contributed by atoms with Crippen molar-refractivity contribution < 1.29 is 14.7 Å². The highest BCUT2D eigenvalue weighted by Gasteiger charge is 2.42. The summed E-state index contributed by atoms with van der Waals surface area (Å²) < 4.78 is 1.95. The molecule has 160 valence electrons. The number of carboxylic acid groups (broad SMARTS) is 1. The van der Waals surface area contributed by atoms with Crippen molar-refractivity contribution in [1.29, 1.82) is 0 Å². The molecule has 2 heterocycles. The minimum absolute atomic E-state index is 0.337. The highest BCUT2D eigenvalue weighted by molar-refractivity contribution is 6.31. The Morgan fingerprint density at radius 1 is 0.969 bits per heavy atom. The molecule has 0 saturated carbocycles. The molecule has 0 radical (unpaired) electrons. The summed E-state index contributed by atoms with van der Waals surface area (Å²) in [5.74, 6) is -1.35. The normalized spacial score (nSPS) is 18.2. The molecule has 1 fully saturated rings. The summed E-state index contributed by atoms with van der Waals surface area (Å²) in [6, 6.07) is 21.1. The van der Waals surface area contributed by atoms with Crippen molar-refractivity contribution in [3.8, 4) is 5.69 Å². The largest absolute Gasteiger partial charge is 0.480 e. The molecule has 0 spiro atoms. The van der Waals surface area contributed by atoms with Crippen LogP contribution in [-0.4, -0.2) is 37.5 Å². The van der Waals surface area contributed by atoms with Gasteiger partial charge in [0.05, 0.1) is 17.1 Å². The molecule has 0 aliphatic carbocycles. The molecule has 2 atom stereocenters. The third kappa shape index (κ3) is 3.42. The van der Waals surface area contributed by atoms with E-state index in [4.69, 9.17) is 11.6 Å². The second-order valence-electron chi connectivity index (χ2n) is 7.83. The van der Waals surface area contributed by atoms with Crippen LogP contribution in [0.3, 0.4) is 0 Å². The predicted molar refractivity (Wildman–Crippen MR) is 122 cm³/mol. The first-order chi connectivity index (χ1) is 15.5. The number of halogens is 1. The van der Waals surface area contributed by atoms with Crippen LogP contribution in [0.5, 0.6) is 0 Å². The van der Waals surface area contributed by atoms with Gasteiger partial charge in [-0.05, 0) is 54.8 Å². The summed E-state index contributed by atoms with van der Waals surface area (Å²) in [4.78, 5) is 31.4. The van der Waals surface area contributed by atoms with Crippen LogP contribution in [0.4, 0.5) is 0 Å². The number of carbonyl (C=O) groups is 2. The van der Waals surface area contributed by atoms with Gasteiger partial charge in [-0.2, -0.15) is 0 Å². The van der Waals surface area contributed by atoms with E-state index in [1.165, 1.54) is 4.90 Å². The van der Waals surface area contributed by atoms with Crippen LogP contribution < -0.4 is 0 Å². The number of aromatic nitrogens is 2. The molecular weight excluding hydrogens is 426 g/mol. The van der Waals surface area contributed by atoms with E-state index in [1.54, 1.807) is 24.5 Å². The smallest absolute Gasteiger partial charge is 0.326 e. The molecule has 4 aromatic rings. The fourth-order valence-electron chi connectivity index (χ4n) is 4.48. The van der Waals surface area contributed by atoms with Crippen molar-refractivity contribution in [2.24, 2.45) is 0 Å². The molecule has 0 unspecified atom stereocenters. The van der Waals surface area contributed by atoms with Crippen LogP contribution in [0.15, 0.2) is 79.1 Å². The quantitative estimate of drug-likeness (QED) is 0.473. The summed E-state index contributed by atoms with van der Waals surface area (Å²) >= 11 is 6.39. The van der Waals surface area contributed by atoms with Crippen molar-refractivity contribution in [2.45, 2.75) is 24.9 Å². The fraction of sp³-hybridized carbons (Fsp3) is 0.160. The number of aliphatic carboxylic acids is 1. The van der Waals surface area contributed by atoms with Crippen molar-refractivity contribution in [2.75, 3.05) is 0 Å². The van der Waals surface area contributed by atoms with Gasteiger partial charge in [-0.1, -0.05) is 48.0 Å². The number of fused-ring (bicyclic) bond motifs is 1. The third-order valence-corrected chi connectivity index (χ3v) is 6.34. The number of benzene rings is 3. The van der Waals surface area contributed by atoms with Gasteiger partial charge in [0.1, 0.15) is 12.4 Å². The average Bonchev–Trinajstić information content (AvgIpc) is 3.44. The molecule has 32 heavy (non-hydrogen) atoms. The minimum atomic E-state index is -1.01. The number of carboxylic acids is 1. The van der Waals surface area contributed by atoms with Crippen LogP contribution >= 0.6 is 11.6 Å². The van der Waals surface area contributed by atoms with Crippen molar-refractivity contribution >= 4 is 34.5 Å². The van der Waals surface area contributed by atoms with E-state index >= 15 is 0 Å². The zero-order valence-corrected chi connectivity index (χ0v) is 17.8. The van der Waals surface area contributed by atoms with Gasteiger partial charge in [-0.15, -0.1) is 0 Å². The Labute approximate surface area is 189 Å². The van der Waals surface area contributed by atoms with Crippen molar-refractivity contribution in [3.05, 3.63) is 95.3 Å². The fourth-order valence-corrected chi connectivity index (χ4v) is 4.74. The lowest BCUT2D eigenvalue weighted by Crippen LogP contribution is -2.41. The molecule has 3 aromatic carbocycles. The number of imidazole rings is 1. The lowest BCUT2D eigenvalue weighted by Gasteiger charge is -2.29. The lowest BCUT2D eigenvalue weighted by molar-refractivity contribution is -0.141. The monoisotopic (exact) mass is 445 g/mol. The van der Waals surface area contributed by atoms with Crippen LogP contribution in [0.25, 0.3) is 16.7 Å². The number of carbonyl (C=O) groups excluding carboxylic acids is 1. The number of hydrogen-bond acceptors (Lipinski definition) is 3. The second kappa shape index (κ2) is 8.13. The van der Waals surface area contributed by atoms with Crippen molar-refractivity contribution in [1.82, 2.24) is 14.5 Å². The zero-order chi connectivity index (χ0) is 22.2. The molecule has 1 aliphatic rings. The Morgan fingerprint density at radius 2 is 1.72 bits per heavy atom. The number of hydrogen-bond donors (Lipinski definition) is 1. The van der Waals surface area contributed by atoms with E-state index < -0.39 is 18.1 Å². The number of likely N-dealkylation sites (tertiary alicyclic amines) is 1. The van der Waals surface area contributed by atoms with E-state index in [0.29, 0.717) is 28.9 Å². The third-order valence-electron chi connectivity index (χ3n) is 6.00. The topological polar surface area (TPSA) is 75.4 Å². The van der Waals surface area contributed by atoms with Gasteiger partial charge in [-0.3, -0.25) is 9.36 Å². The van der Waals surface area contributed by atoms with Gasteiger partial charge >= 0.3 is 5.97 Å². The highest BCUT2D eigenvalue weighted by atomic mass is 35.5. The van der Waals surface area contributed by atoms with Crippen LogP contribution in [-0.2, 0) is 4.79 Å². The van der Waals surface area contributed by atoms with Gasteiger partial charge < -0.3 is 10.0 Å². The SMILES string of the molecule is O=C(O)[C@@H]1CC[C@H](c2ccccc2Cl)N1C(=O)c1ccc2c(c1)ncn2-c1ccccc1. The van der Waals surface area contributed by atoms with Crippen LogP contribution in [0.1, 0.15) is 34.8 Å². The molecule has 6 nitrogen and oxygen atoms in total. The van der Waals surface area contributed by atoms with Gasteiger partial charge in [-0.25, -0.2) is 9.78 Å². The summed E-state index contributed by atoms with van der Waals surface area (Å²) in [5, 5.41) is 10.3. The molecule has 1 aliphatic heterocycles. The summed E-state index contributed by atoms with van der Waals surface area (Å²) in [7, 11) is 0. The first-order valence-electron chi connectivity index (χ1n) is 10.4. The lowest BCUT2D eigenvalue weighted by atomic mass is 10.0. The standard InChI is InChI=1S/C25H20ClN3O3/c26-19-9-5-4-8-18(19)21-12-13-23(25(31)32)29(21)24(30)16-10-11-22-20(14-16)27-15-28(22)17-6-2-1-3-7-17/h1-11,14-15,21,23H,12-13H2,(H,31,32)/t21-,23+/m1/s1. The van der Waals surface area contributed by atoms with Crippen molar-refractivity contribution in [3.63, 3.8) is 0 Å². The minimum Gasteiger partial charge on any atom is -0.480 e. The molecule has 5 rings (SSSR count). The number of rotatable bonds is 4. The highest BCUT2D eigenvalue weighted by Crippen LogP contribution is 2.40. The maximum absolute atomic E-state index is 13.6. The molecule has 1 aromatic heterocycles. The van der Waals surface area contributed by atoms with Crippen LogP contribution in [0, 0.1) is 0 Å². The van der Waals surface area contributed by atoms with E-state index in [9.17, 15) is 14.7 Å². The van der Waals surface area contributed by atoms with Gasteiger partial charge in [0.2, 0.25) is 0 Å². The number of amides is 1. The van der Waals surface area contributed by atoms with Gasteiger partial charge in [0, 0.05) is 16.3 Å². The van der Waals surface area contributed by atoms with E-state index in [2.05, 4.69) is 4.98 Å². The summed E-state index contributed by atoms with van der Waals surface area (Å²) in [6.07, 6.45) is 2.63. The molecular formula is C25H20ClN3O3. The Hall–Kier alpha value is -3.64. The molecule has 1 amide bonds. The Morgan fingerprint density at radius 3 is 2.47 bits per heavy atom. The summed E-state index contributed by atoms with van der Waals surface area (Å²) in [6.45, 7) is 0. The average molecular weight is 446 g/mol. The molecule has 7 heteroatoms. The number of nitrogens with zero attached hydrogens (tertiary/aromatic N) is 3. The first kappa shape index (κ1) is 20.3.